The van der Waals surface area contributed by atoms with Crippen LogP contribution >= 0.6 is 11.6 Å². The maximum Gasteiger partial charge on any atom is 0.228 e. The van der Waals surface area contributed by atoms with Crippen molar-refractivity contribution in [2.24, 2.45) is 5.92 Å². The fourth-order valence-electron chi connectivity index (χ4n) is 3.94. The number of carbonyl (C=O) groups is 2. The van der Waals surface area contributed by atoms with Crippen molar-refractivity contribution in [2.75, 3.05) is 24.7 Å². The van der Waals surface area contributed by atoms with Crippen molar-refractivity contribution in [3.63, 3.8) is 0 Å². The fraction of sp³-hybridized carbons (Fsp3) is 0.529. The largest absolute Gasteiger partial charge is 0.377 e. The van der Waals surface area contributed by atoms with Crippen molar-refractivity contribution in [1.82, 2.24) is 4.90 Å². The van der Waals surface area contributed by atoms with E-state index < -0.39 is 0 Å². The van der Waals surface area contributed by atoms with Gasteiger partial charge in [-0.25, -0.2) is 0 Å². The first-order chi connectivity index (χ1) is 11.1. The highest BCUT2D eigenvalue weighted by atomic mass is 35.5. The summed E-state index contributed by atoms with van der Waals surface area (Å²) in [6, 6.07) is 7.57. The summed E-state index contributed by atoms with van der Waals surface area (Å²) >= 11 is 5.90. The maximum absolute atomic E-state index is 12.9. The summed E-state index contributed by atoms with van der Waals surface area (Å²) in [6.07, 6.45) is 2.31. The van der Waals surface area contributed by atoms with E-state index in [1.807, 2.05) is 17.0 Å². The lowest BCUT2D eigenvalue weighted by molar-refractivity contribution is -0.145. The molecule has 1 aromatic carbocycles. The van der Waals surface area contributed by atoms with Crippen LogP contribution < -0.4 is 4.90 Å². The molecule has 0 spiro atoms. The summed E-state index contributed by atoms with van der Waals surface area (Å²) in [6.45, 7) is 1.71. The molecular formula is C17H19ClN2O3. The summed E-state index contributed by atoms with van der Waals surface area (Å²) in [5, 5.41) is 0.637. The van der Waals surface area contributed by atoms with Crippen LogP contribution in [-0.2, 0) is 14.3 Å². The van der Waals surface area contributed by atoms with Crippen molar-refractivity contribution in [2.45, 2.75) is 31.3 Å². The summed E-state index contributed by atoms with van der Waals surface area (Å²) in [5.74, 6) is -0.128. The Hall–Kier alpha value is -1.59. The molecule has 4 rings (SSSR count). The van der Waals surface area contributed by atoms with E-state index in [-0.39, 0.29) is 36.2 Å². The van der Waals surface area contributed by atoms with Crippen molar-refractivity contribution in [3.05, 3.63) is 29.3 Å². The van der Waals surface area contributed by atoms with Crippen LogP contribution in [0.2, 0.25) is 5.02 Å². The van der Waals surface area contributed by atoms with E-state index in [1.54, 1.807) is 17.0 Å². The number of benzene rings is 1. The van der Waals surface area contributed by atoms with Gasteiger partial charge in [-0.3, -0.25) is 9.59 Å². The summed E-state index contributed by atoms with van der Waals surface area (Å²) < 4.78 is 5.54. The SMILES string of the molecule is O=C1CC(C(=O)N2C3CCC2COC3)CN1c1ccc(Cl)cc1. The number of hydrogen-bond acceptors (Lipinski definition) is 3. The number of halogens is 1. The number of amides is 2. The van der Waals surface area contributed by atoms with Gasteiger partial charge in [0, 0.05) is 23.7 Å². The third kappa shape index (κ3) is 2.62. The van der Waals surface area contributed by atoms with E-state index >= 15 is 0 Å². The van der Waals surface area contributed by atoms with Crippen LogP contribution in [0.15, 0.2) is 24.3 Å². The van der Waals surface area contributed by atoms with Gasteiger partial charge in [-0.1, -0.05) is 11.6 Å². The van der Waals surface area contributed by atoms with Crippen LogP contribution in [0.4, 0.5) is 5.69 Å². The first-order valence-corrected chi connectivity index (χ1v) is 8.47. The fourth-order valence-corrected chi connectivity index (χ4v) is 4.07. The van der Waals surface area contributed by atoms with Gasteiger partial charge in [-0.05, 0) is 37.1 Å². The Bertz CT molecular complexity index is 617. The highest BCUT2D eigenvalue weighted by Gasteiger charge is 2.45. The molecule has 3 heterocycles. The second-order valence-electron chi connectivity index (χ2n) is 6.55. The smallest absolute Gasteiger partial charge is 0.228 e. The first-order valence-electron chi connectivity index (χ1n) is 8.09. The van der Waals surface area contributed by atoms with Crippen molar-refractivity contribution in [1.29, 1.82) is 0 Å². The Morgan fingerprint density at radius 1 is 1.13 bits per heavy atom. The van der Waals surface area contributed by atoms with E-state index in [9.17, 15) is 9.59 Å². The number of morpholine rings is 1. The normalized spacial score (nSPS) is 30.1. The molecule has 2 amide bonds. The Kier molecular flexibility index (Phi) is 3.77. The molecule has 3 aliphatic rings. The molecule has 0 saturated carbocycles. The predicted molar refractivity (Wildman–Crippen MR) is 86.4 cm³/mol. The van der Waals surface area contributed by atoms with Crippen molar-refractivity contribution < 1.29 is 14.3 Å². The lowest BCUT2D eigenvalue weighted by Crippen LogP contribution is -2.51. The van der Waals surface area contributed by atoms with Crippen molar-refractivity contribution in [3.8, 4) is 0 Å². The zero-order valence-electron chi connectivity index (χ0n) is 12.8. The van der Waals surface area contributed by atoms with Gasteiger partial charge in [0.2, 0.25) is 11.8 Å². The van der Waals surface area contributed by atoms with Gasteiger partial charge in [-0.15, -0.1) is 0 Å². The summed E-state index contributed by atoms with van der Waals surface area (Å²) in [4.78, 5) is 28.9. The number of anilines is 1. The van der Waals surface area contributed by atoms with E-state index in [4.69, 9.17) is 16.3 Å². The lowest BCUT2D eigenvalue weighted by atomic mass is 10.1. The Labute approximate surface area is 140 Å². The molecule has 1 aromatic rings. The number of fused-ring (bicyclic) bond motifs is 2. The Morgan fingerprint density at radius 2 is 1.78 bits per heavy atom. The average molecular weight is 335 g/mol. The molecule has 3 saturated heterocycles. The van der Waals surface area contributed by atoms with Crippen LogP contribution in [-0.4, -0.2) is 48.6 Å². The molecule has 3 fully saturated rings. The summed E-state index contributed by atoms with van der Waals surface area (Å²) in [5.41, 5.74) is 0.805. The quantitative estimate of drug-likeness (QED) is 0.832. The first kappa shape index (κ1) is 15.0. The highest BCUT2D eigenvalue weighted by Crippen LogP contribution is 2.33. The van der Waals surface area contributed by atoms with Gasteiger partial charge in [-0.2, -0.15) is 0 Å². The minimum absolute atomic E-state index is 0.00581. The average Bonchev–Trinajstić information content (AvgIpc) is 3.05. The molecule has 0 aliphatic carbocycles. The molecule has 3 unspecified atom stereocenters. The third-order valence-electron chi connectivity index (χ3n) is 5.11. The molecule has 122 valence electrons. The van der Waals surface area contributed by atoms with Gasteiger partial charge in [0.05, 0.1) is 31.2 Å². The molecule has 3 aliphatic heterocycles. The standard InChI is InChI=1S/C17H19ClN2O3/c18-12-1-3-13(4-2-12)19-8-11(7-16(19)21)17(22)20-14-5-6-15(20)10-23-9-14/h1-4,11,14-15H,5-10H2. The second-order valence-corrected chi connectivity index (χ2v) is 6.99. The number of rotatable bonds is 2. The van der Waals surface area contributed by atoms with Crippen LogP contribution in [0.25, 0.3) is 0 Å². The molecule has 6 heteroatoms. The molecule has 2 bridgehead atoms. The van der Waals surface area contributed by atoms with E-state index in [0.29, 0.717) is 24.8 Å². The van der Waals surface area contributed by atoms with Gasteiger partial charge in [0.15, 0.2) is 0 Å². The van der Waals surface area contributed by atoms with Gasteiger partial charge in [0.1, 0.15) is 0 Å². The molecular weight excluding hydrogens is 316 g/mol. The maximum atomic E-state index is 12.9. The molecule has 5 nitrogen and oxygen atoms in total. The van der Waals surface area contributed by atoms with E-state index in [2.05, 4.69) is 0 Å². The third-order valence-corrected chi connectivity index (χ3v) is 5.36. The van der Waals surface area contributed by atoms with Gasteiger partial charge >= 0.3 is 0 Å². The van der Waals surface area contributed by atoms with E-state index in [0.717, 1.165) is 18.5 Å². The zero-order valence-corrected chi connectivity index (χ0v) is 13.5. The minimum Gasteiger partial charge on any atom is -0.377 e. The molecule has 0 radical (unpaired) electrons. The number of ether oxygens (including phenoxy) is 1. The topological polar surface area (TPSA) is 49.9 Å². The minimum atomic E-state index is -0.251. The number of nitrogens with zero attached hydrogens (tertiary/aromatic N) is 2. The molecule has 0 aromatic heterocycles. The Morgan fingerprint density at radius 3 is 2.43 bits per heavy atom. The zero-order chi connectivity index (χ0) is 16.0. The van der Waals surface area contributed by atoms with E-state index in [1.165, 1.54) is 0 Å². The lowest BCUT2D eigenvalue weighted by Gasteiger charge is -2.36. The highest BCUT2D eigenvalue weighted by molar-refractivity contribution is 6.30. The summed E-state index contributed by atoms with van der Waals surface area (Å²) in [7, 11) is 0. The molecule has 23 heavy (non-hydrogen) atoms. The second kappa shape index (κ2) is 5.80. The predicted octanol–water partition coefficient (Wildman–Crippen LogP) is 2.08. The number of carbonyl (C=O) groups excluding carboxylic acids is 2. The van der Waals surface area contributed by atoms with Gasteiger partial charge in [0.25, 0.3) is 0 Å². The Balaban J connectivity index is 1.50. The molecule has 0 N–H and O–H groups in total. The van der Waals surface area contributed by atoms with Crippen LogP contribution in [0.5, 0.6) is 0 Å². The number of hydrogen-bond donors (Lipinski definition) is 0. The van der Waals surface area contributed by atoms with Crippen LogP contribution in [0.1, 0.15) is 19.3 Å². The molecule has 3 atom stereocenters. The van der Waals surface area contributed by atoms with Crippen LogP contribution in [0, 0.1) is 5.92 Å². The van der Waals surface area contributed by atoms with Crippen LogP contribution in [0.3, 0.4) is 0 Å². The van der Waals surface area contributed by atoms with Gasteiger partial charge < -0.3 is 14.5 Å². The monoisotopic (exact) mass is 334 g/mol. The van der Waals surface area contributed by atoms with Crippen molar-refractivity contribution >= 4 is 29.1 Å².